The molecule has 10 heteroatoms. The molecule has 0 saturated carbocycles. The van der Waals surface area contributed by atoms with Gasteiger partial charge in [0.25, 0.3) is 5.91 Å². The van der Waals surface area contributed by atoms with E-state index in [9.17, 15) is 18.0 Å². The molecule has 0 aromatic heterocycles. The topological polar surface area (TPSA) is 122 Å². The van der Waals surface area contributed by atoms with E-state index in [0.29, 0.717) is 24.1 Å². The van der Waals surface area contributed by atoms with Gasteiger partial charge in [-0.15, -0.1) is 0 Å². The molecular weight excluding hydrogens is 488 g/mol. The summed E-state index contributed by atoms with van der Waals surface area (Å²) in [5, 5.41) is 6.05. The first-order valence-corrected chi connectivity index (χ1v) is 13.6. The van der Waals surface area contributed by atoms with Crippen LogP contribution in [-0.4, -0.2) is 42.7 Å². The average Bonchev–Trinajstić information content (AvgIpc) is 3.28. The number of rotatable bonds is 5. The minimum absolute atomic E-state index is 0.125. The first-order chi connectivity index (χ1) is 16.4. The summed E-state index contributed by atoms with van der Waals surface area (Å²) in [5.41, 5.74) is 8.15. The summed E-state index contributed by atoms with van der Waals surface area (Å²) in [7, 11) is -3.66. The van der Waals surface area contributed by atoms with Crippen molar-refractivity contribution in [3.05, 3.63) is 58.1 Å². The Labute approximate surface area is 210 Å². The summed E-state index contributed by atoms with van der Waals surface area (Å²) >= 11 is 6.32. The fraction of sp³-hybridized carbons (Fsp3) is 0.440. The molecule has 3 heterocycles. The summed E-state index contributed by atoms with van der Waals surface area (Å²) in [5.74, 6) is -0.432. The molecule has 0 spiro atoms. The quantitative estimate of drug-likeness (QED) is 0.563. The molecule has 3 aliphatic rings. The van der Waals surface area contributed by atoms with E-state index in [0.717, 1.165) is 24.0 Å². The zero-order valence-electron chi connectivity index (χ0n) is 19.7. The van der Waals surface area contributed by atoms with Gasteiger partial charge in [-0.2, -0.15) is 4.31 Å². The average molecular weight is 517 g/mol. The number of anilines is 1. The van der Waals surface area contributed by atoms with E-state index in [4.69, 9.17) is 17.3 Å². The van der Waals surface area contributed by atoms with Gasteiger partial charge in [-0.1, -0.05) is 23.7 Å². The summed E-state index contributed by atoms with van der Waals surface area (Å²) in [4.78, 5) is 24.9. The van der Waals surface area contributed by atoms with E-state index < -0.39 is 15.6 Å². The molecule has 3 atom stereocenters. The maximum atomic E-state index is 13.5. The van der Waals surface area contributed by atoms with Gasteiger partial charge in [0, 0.05) is 29.4 Å². The van der Waals surface area contributed by atoms with Crippen molar-refractivity contribution in [2.24, 2.45) is 5.73 Å². The second-order valence-corrected chi connectivity index (χ2v) is 12.6. The highest BCUT2D eigenvalue weighted by molar-refractivity contribution is 7.89. The van der Waals surface area contributed by atoms with Crippen LogP contribution in [-0.2, 0) is 26.8 Å². The highest BCUT2D eigenvalue weighted by Crippen LogP contribution is 2.40. The van der Waals surface area contributed by atoms with Crippen molar-refractivity contribution in [1.29, 1.82) is 0 Å². The molecule has 186 valence electrons. The molecule has 1 unspecified atom stereocenters. The van der Waals surface area contributed by atoms with Crippen molar-refractivity contribution in [2.45, 2.75) is 74.5 Å². The minimum Gasteiger partial charge on any atom is -0.349 e. The third kappa shape index (κ3) is 4.46. The van der Waals surface area contributed by atoms with Crippen molar-refractivity contribution in [3.63, 3.8) is 0 Å². The maximum absolute atomic E-state index is 13.5. The first-order valence-electron chi connectivity index (χ1n) is 11.8. The van der Waals surface area contributed by atoms with E-state index in [1.54, 1.807) is 40.7 Å². The lowest BCUT2D eigenvalue weighted by atomic mass is 9.96. The van der Waals surface area contributed by atoms with Crippen LogP contribution in [0.2, 0.25) is 5.02 Å². The summed E-state index contributed by atoms with van der Waals surface area (Å²) in [6.07, 6.45) is 2.82. The van der Waals surface area contributed by atoms with Crippen LogP contribution >= 0.6 is 11.6 Å². The molecule has 2 aromatic rings. The smallest absolute Gasteiger partial charge is 0.253 e. The largest absolute Gasteiger partial charge is 0.349 e. The van der Waals surface area contributed by atoms with Crippen molar-refractivity contribution in [3.8, 4) is 0 Å². The number of amides is 2. The van der Waals surface area contributed by atoms with E-state index in [1.165, 1.54) is 0 Å². The predicted molar refractivity (Wildman–Crippen MR) is 134 cm³/mol. The predicted octanol–water partition coefficient (Wildman–Crippen LogP) is 3.14. The molecule has 0 aliphatic carbocycles. The van der Waals surface area contributed by atoms with Gasteiger partial charge in [-0.05, 0) is 74.9 Å². The molecule has 2 amide bonds. The number of hydrogen-bond donors (Lipinski definition) is 3. The Morgan fingerprint density at radius 2 is 1.77 bits per heavy atom. The van der Waals surface area contributed by atoms with Crippen molar-refractivity contribution < 1.29 is 18.0 Å². The van der Waals surface area contributed by atoms with Gasteiger partial charge in [0.15, 0.2) is 0 Å². The zero-order chi connectivity index (χ0) is 25.1. The van der Waals surface area contributed by atoms with Crippen LogP contribution in [0.1, 0.15) is 61.0 Å². The number of carbonyl (C=O) groups excluding carboxylic acids is 2. The number of carbonyl (C=O) groups is 2. The molecule has 4 N–H and O–H groups in total. The van der Waals surface area contributed by atoms with Gasteiger partial charge in [-0.25, -0.2) is 8.42 Å². The van der Waals surface area contributed by atoms with Crippen LogP contribution in [0.4, 0.5) is 5.69 Å². The number of sulfonamides is 1. The second-order valence-electron chi connectivity index (χ2n) is 10.3. The monoisotopic (exact) mass is 516 g/mol. The number of fused-ring (bicyclic) bond motifs is 3. The van der Waals surface area contributed by atoms with Crippen molar-refractivity contribution >= 4 is 39.1 Å². The fourth-order valence-electron chi connectivity index (χ4n) is 5.51. The van der Waals surface area contributed by atoms with Crippen LogP contribution in [0.25, 0.3) is 0 Å². The zero-order valence-corrected chi connectivity index (χ0v) is 21.2. The van der Waals surface area contributed by atoms with Gasteiger partial charge in [0.1, 0.15) is 0 Å². The SMILES string of the molecule is CC(C)(N)c1ccc(S(=O)(=O)N2[C@@H]3CC[C@H]2CC(NC(=O)c2cc4c(cc2Cl)NC(=O)C4)C3)cc1. The maximum Gasteiger partial charge on any atom is 0.253 e. The molecule has 3 aliphatic heterocycles. The number of halogens is 1. The number of nitrogens with zero attached hydrogens (tertiary/aromatic N) is 1. The number of hydrogen-bond acceptors (Lipinski definition) is 5. The Balaban J connectivity index is 1.30. The molecular formula is C25H29ClN4O4S. The highest BCUT2D eigenvalue weighted by Gasteiger charge is 2.47. The molecule has 35 heavy (non-hydrogen) atoms. The number of piperidine rings is 1. The molecule has 2 fully saturated rings. The van der Waals surface area contributed by atoms with Gasteiger partial charge >= 0.3 is 0 Å². The third-order valence-corrected chi connectivity index (χ3v) is 9.57. The number of benzene rings is 2. The van der Waals surface area contributed by atoms with Crippen LogP contribution in [0.5, 0.6) is 0 Å². The minimum atomic E-state index is -3.66. The van der Waals surface area contributed by atoms with E-state index >= 15 is 0 Å². The summed E-state index contributed by atoms with van der Waals surface area (Å²) < 4.78 is 28.6. The Kier molecular flexibility index (Phi) is 5.95. The lowest BCUT2D eigenvalue weighted by molar-refractivity contribution is -0.115. The molecule has 2 saturated heterocycles. The molecule has 2 aromatic carbocycles. The van der Waals surface area contributed by atoms with Crippen molar-refractivity contribution in [2.75, 3.05) is 5.32 Å². The second kappa shape index (κ2) is 8.58. The van der Waals surface area contributed by atoms with Gasteiger partial charge in [0.2, 0.25) is 15.9 Å². The molecule has 5 rings (SSSR count). The van der Waals surface area contributed by atoms with E-state index in [1.807, 2.05) is 13.8 Å². The van der Waals surface area contributed by atoms with Gasteiger partial charge in [0.05, 0.1) is 21.9 Å². The first kappa shape index (κ1) is 24.2. The van der Waals surface area contributed by atoms with Crippen LogP contribution < -0.4 is 16.4 Å². The van der Waals surface area contributed by atoms with Crippen LogP contribution in [0.3, 0.4) is 0 Å². The van der Waals surface area contributed by atoms with Crippen molar-refractivity contribution in [1.82, 2.24) is 9.62 Å². The van der Waals surface area contributed by atoms with E-state index in [-0.39, 0.29) is 46.3 Å². The Morgan fingerprint density at radius 1 is 1.14 bits per heavy atom. The van der Waals surface area contributed by atoms with Crippen LogP contribution in [0, 0.1) is 0 Å². The Hall–Kier alpha value is -2.46. The Morgan fingerprint density at radius 3 is 2.37 bits per heavy atom. The van der Waals surface area contributed by atoms with E-state index in [2.05, 4.69) is 10.6 Å². The molecule has 0 radical (unpaired) electrons. The van der Waals surface area contributed by atoms with Crippen LogP contribution in [0.15, 0.2) is 41.3 Å². The standard InChI is InChI=1S/C25H29ClN4O4S/c1-25(2,27)15-3-7-19(8-4-15)35(33,34)30-17-5-6-18(30)12-16(11-17)28-24(32)20-9-14-10-23(31)29-22(14)13-21(20)26/h3-4,7-9,13,16-18H,5-6,10-12,27H2,1-2H3,(H,28,32)(H,29,31)/t16?,17-,18+. The normalized spacial score (nSPS) is 24.2. The summed E-state index contributed by atoms with van der Waals surface area (Å²) in [6, 6.07) is 9.55. The Bertz CT molecular complexity index is 1290. The third-order valence-electron chi connectivity index (χ3n) is 7.24. The summed E-state index contributed by atoms with van der Waals surface area (Å²) in [6.45, 7) is 3.75. The van der Waals surface area contributed by atoms with Gasteiger partial charge in [-0.3, -0.25) is 9.59 Å². The molecule has 2 bridgehead atoms. The molecule has 8 nitrogen and oxygen atoms in total. The fourth-order valence-corrected chi connectivity index (χ4v) is 7.65. The highest BCUT2D eigenvalue weighted by atomic mass is 35.5. The lowest BCUT2D eigenvalue weighted by Crippen LogP contribution is -2.52. The number of nitrogens with one attached hydrogen (secondary N) is 2. The number of nitrogens with two attached hydrogens (primary N) is 1. The van der Waals surface area contributed by atoms with Gasteiger partial charge < -0.3 is 16.4 Å². The lowest BCUT2D eigenvalue weighted by Gasteiger charge is -2.38.